The summed E-state index contributed by atoms with van der Waals surface area (Å²) in [7, 11) is 1.89. The van der Waals surface area contributed by atoms with Crippen LogP contribution in [0.4, 0.5) is 0 Å². The maximum Gasteiger partial charge on any atom is 0.230 e. The van der Waals surface area contributed by atoms with Crippen LogP contribution in [0.5, 0.6) is 0 Å². The average Bonchev–Trinajstić information content (AvgIpc) is 2.28. The van der Waals surface area contributed by atoms with E-state index >= 15 is 0 Å². The van der Waals surface area contributed by atoms with Crippen LogP contribution in [-0.2, 0) is 4.79 Å². The van der Waals surface area contributed by atoms with Crippen molar-refractivity contribution in [1.82, 2.24) is 10.2 Å². The summed E-state index contributed by atoms with van der Waals surface area (Å²) in [6.45, 7) is 10.6. The lowest BCUT2D eigenvalue weighted by Crippen LogP contribution is -2.51. The third-order valence-electron chi connectivity index (χ3n) is 3.51. The van der Waals surface area contributed by atoms with Gasteiger partial charge in [0.15, 0.2) is 0 Å². The second-order valence-electron chi connectivity index (χ2n) is 5.43. The number of likely N-dealkylation sites (N-methyl/N-ethyl adjacent to an activating group) is 1. The summed E-state index contributed by atoms with van der Waals surface area (Å²) < 4.78 is 0. The zero-order chi connectivity index (χ0) is 12.9. The van der Waals surface area contributed by atoms with Gasteiger partial charge in [-0.15, -0.1) is 0 Å². The molecule has 1 aliphatic rings. The van der Waals surface area contributed by atoms with Gasteiger partial charge in [-0.1, -0.05) is 25.5 Å². The zero-order valence-corrected chi connectivity index (χ0v) is 11.5. The SMILES string of the molecule is C=C(C)CN(C)C(=O)C1(CCC)CCCNC1. The van der Waals surface area contributed by atoms with Crippen LogP contribution in [0.3, 0.4) is 0 Å². The minimum absolute atomic E-state index is 0.169. The number of rotatable bonds is 5. The zero-order valence-electron chi connectivity index (χ0n) is 11.5. The molecule has 98 valence electrons. The molecule has 1 saturated heterocycles. The highest BCUT2D eigenvalue weighted by Gasteiger charge is 2.40. The van der Waals surface area contributed by atoms with E-state index in [-0.39, 0.29) is 11.3 Å². The van der Waals surface area contributed by atoms with Gasteiger partial charge in [0.25, 0.3) is 0 Å². The summed E-state index contributed by atoms with van der Waals surface area (Å²) in [5.41, 5.74) is 0.869. The predicted octanol–water partition coefficient (Wildman–Crippen LogP) is 2.19. The van der Waals surface area contributed by atoms with E-state index < -0.39 is 0 Å². The molecular weight excluding hydrogens is 212 g/mol. The van der Waals surface area contributed by atoms with Crippen LogP contribution >= 0.6 is 0 Å². The van der Waals surface area contributed by atoms with Crippen molar-refractivity contribution in [1.29, 1.82) is 0 Å². The van der Waals surface area contributed by atoms with E-state index in [0.717, 1.165) is 44.3 Å². The summed E-state index contributed by atoms with van der Waals surface area (Å²) in [4.78, 5) is 14.4. The fourth-order valence-corrected chi connectivity index (χ4v) is 2.83. The molecule has 17 heavy (non-hydrogen) atoms. The van der Waals surface area contributed by atoms with E-state index in [1.807, 2.05) is 18.9 Å². The Morgan fingerprint density at radius 1 is 1.53 bits per heavy atom. The van der Waals surface area contributed by atoms with Gasteiger partial charge in [-0.25, -0.2) is 0 Å². The maximum atomic E-state index is 12.6. The first-order valence-corrected chi connectivity index (χ1v) is 6.62. The van der Waals surface area contributed by atoms with Gasteiger partial charge >= 0.3 is 0 Å². The van der Waals surface area contributed by atoms with Crippen molar-refractivity contribution in [3.05, 3.63) is 12.2 Å². The molecule has 0 aromatic heterocycles. The van der Waals surface area contributed by atoms with Gasteiger partial charge in [-0.2, -0.15) is 0 Å². The van der Waals surface area contributed by atoms with E-state index in [0.29, 0.717) is 6.54 Å². The van der Waals surface area contributed by atoms with Crippen molar-refractivity contribution in [2.75, 3.05) is 26.7 Å². The number of carbonyl (C=O) groups excluding carboxylic acids is 1. The van der Waals surface area contributed by atoms with Gasteiger partial charge < -0.3 is 10.2 Å². The molecule has 1 atom stereocenters. The van der Waals surface area contributed by atoms with Crippen molar-refractivity contribution in [3.8, 4) is 0 Å². The molecule has 0 aromatic rings. The fourth-order valence-electron chi connectivity index (χ4n) is 2.83. The Morgan fingerprint density at radius 3 is 2.71 bits per heavy atom. The van der Waals surface area contributed by atoms with Crippen LogP contribution < -0.4 is 5.32 Å². The van der Waals surface area contributed by atoms with E-state index in [2.05, 4.69) is 18.8 Å². The number of hydrogen-bond donors (Lipinski definition) is 1. The lowest BCUT2D eigenvalue weighted by Gasteiger charge is -2.39. The van der Waals surface area contributed by atoms with E-state index in [1.165, 1.54) is 0 Å². The topological polar surface area (TPSA) is 32.3 Å². The normalized spacial score (nSPS) is 24.4. The van der Waals surface area contributed by atoms with Crippen LogP contribution in [0.1, 0.15) is 39.5 Å². The molecule has 0 radical (unpaired) electrons. The lowest BCUT2D eigenvalue weighted by molar-refractivity contribution is -0.142. The van der Waals surface area contributed by atoms with Crippen molar-refractivity contribution >= 4 is 5.91 Å². The van der Waals surface area contributed by atoms with Gasteiger partial charge in [0.1, 0.15) is 0 Å². The molecule has 0 aliphatic carbocycles. The molecule has 3 nitrogen and oxygen atoms in total. The number of hydrogen-bond acceptors (Lipinski definition) is 2. The summed E-state index contributed by atoms with van der Waals surface area (Å²) in [5.74, 6) is 0.287. The summed E-state index contributed by atoms with van der Waals surface area (Å²) in [5, 5.41) is 3.38. The van der Waals surface area contributed by atoms with Gasteiger partial charge in [0.05, 0.1) is 5.41 Å². The van der Waals surface area contributed by atoms with Crippen LogP contribution in [-0.4, -0.2) is 37.5 Å². The van der Waals surface area contributed by atoms with E-state index in [9.17, 15) is 4.79 Å². The largest absolute Gasteiger partial charge is 0.341 e. The predicted molar refractivity (Wildman–Crippen MR) is 71.9 cm³/mol. The number of amides is 1. The molecule has 1 amide bonds. The molecule has 0 spiro atoms. The smallest absolute Gasteiger partial charge is 0.230 e. The molecule has 1 unspecified atom stereocenters. The fraction of sp³-hybridized carbons (Fsp3) is 0.786. The Bertz CT molecular complexity index is 274. The second kappa shape index (κ2) is 6.20. The Morgan fingerprint density at radius 2 is 2.24 bits per heavy atom. The molecular formula is C14H26N2O. The second-order valence-corrected chi connectivity index (χ2v) is 5.43. The summed E-state index contributed by atoms with van der Waals surface area (Å²) >= 11 is 0. The highest BCUT2D eigenvalue weighted by Crippen LogP contribution is 2.33. The Kier molecular flexibility index (Phi) is 5.19. The molecule has 0 bridgehead atoms. The van der Waals surface area contributed by atoms with Crippen LogP contribution in [0.15, 0.2) is 12.2 Å². The highest BCUT2D eigenvalue weighted by molar-refractivity contribution is 5.83. The summed E-state index contributed by atoms with van der Waals surface area (Å²) in [6.07, 6.45) is 4.17. The van der Waals surface area contributed by atoms with Crippen LogP contribution in [0, 0.1) is 5.41 Å². The molecule has 1 rings (SSSR count). The monoisotopic (exact) mass is 238 g/mol. The molecule has 0 saturated carbocycles. The Hall–Kier alpha value is -0.830. The third kappa shape index (κ3) is 3.56. The number of carbonyl (C=O) groups is 1. The Labute approximate surface area is 105 Å². The lowest BCUT2D eigenvalue weighted by atomic mass is 9.75. The van der Waals surface area contributed by atoms with Crippen molar-refractivity contribution < 1.29 is 4.79 Å². The molecule has 1 N–H and O–H groups in total. The first-order chi connectivity index (χ1) is 8.02. The molecule has 0 aromatic carbocycles. The van der Waals surface area contributed by atoms with E-state index in [4.69, 9.17) is 0 Å². The standard InChI is InChI=1S/C14H26N2O/c1-5-7-14(8-6-9-15-11-14)13(17)16(4)10-12(2)3/h15H,2,5-11H2,1,3-4H3. The molecule has 1 fully saturated rings. The molecule has 1 aliphatic heterocycles. The number of piperidine rings is 1. The number of nitrogens with one attached hydrogen (secondary N) is 1. The third-order valence-corrected chi connectivity index (χ3v) is 3.51. The maximum absolute atomic E-state index is 12.6. The highest BCUT2D eigenvalue weighted by atomic mass is 16.2. The quantitative estimate of drug-likeness (QED) is 0.745. The first-order valence-electron chi connectivity index (χ1n) is 6.62. The van der Waals surface area contributed by atoms with Gasteiger partial charge in [0, 0.05) is 20.1 Å². The van der Waals surface area contributed by atoms with Gasteiger partial charge in [0.2, 0.25) is 5.91 Å². The van der Waals surface area contributed by atoms with Crippen LogP contribution in [0.2, 0.25) is 0 Å². The minimum Gasteiger partial charge on any atom is -0.341 e. The summed E-state index contributed by atoms with van der Waals surface area (Å²) in [6, 6.07) is 0. The van der Waals surface area contributed by atoms with Gasteiger partial charge in [-0.05, 0) is 32.7 Å². The number of nitrogens with zero attached hydrogens (tertiary/aromatic N) is 1. The molecule has 1 heterocycles. The van der Waals surface area contributed by atoms with E-state index in [1.54, 1.807) is 0 Å². The van der Waals surface area contributed by atoms with Crippen LogP contribution in [0.25, 0.3) is 0 Å². The van der Waals surface area contributed by atoms with Crippen molar-refractivity contribution in [2.24, 2.45) is 5.41 Å². The van der Waals surface area contributed by atoms with Crippen molar-refractivity contribution in [3.63, 3.8) is 0 Å². The van der Waals surface area contributed by atoms with Crippen molar-refractivity contribution in [2.45, 2.75) is 39.5 Å². The first kappa shape index (κ1) is 14.2. The molecule has 3 heteroatoms. The minimum atomic E-state index is -0.169. The Balaban J connectivity index is 2.75. The average molecular weight is 238 g/mol. The van der Waals surface area contributed by atoms with Gasteiger partial charge in [-0.3, -0.25) is 4.79 Å².